The molecule has 0 spiro atoms. The van der Waals surface area contributed by atoms with E-state index in [0.29, 0.717) is 5.75 Å². The number of benzene rings is 1. The first kappa shape index (κ1) is 18.1. The van der Waals surface area contributed by atoms with Gasteiger partial charge in [0.05, 0.1) is 0 Å². The zero-order valence-electron chi connectivity index (χ0n) is 15.1. The molecule has 1 aromatic carbocycles. The van der Waals surface area contributed by atoms with E-state index in [1.165, 1.54) is 31.2 Å². The fourth-order valence-electron chi connectivity index (χ4n) is 2.63. The lowest BCUT2D eigenvalue weighted by Crippen LogP contribution is -2.17. The summed E-state index contributed by atoms with van der Waals surface area (Å²) in [5, 5.41) is 10.7. The monoisotopic (exact) mass is 290 g/mol. The first-order valence-corrected chi connectivity index (χ1v) is 8.44. The molecule has 0 radical (unpaired) electrons. The van der Waals surface area contributed by atoms with Gasteiger partial charge < -0.3 is 5.11 Å². The molecule has 0 saturated carbocycles. The minimum absolute atomic E-state index is 0.0243. The smallest absolute Gasteiger partial charge is 0.122 e. The van der Waals surface area contributed by atoms with E-state index in [0.717, 1.165) is 17.5 Å². The molecule has 0 bridgehead atoms. The van der Waals surface area contributed by atoms with Crippen molar-refractivity contribution in [3.63, 3.8) is 0 Å². The summed E-state index contributed by atoms with van der Waals surface area (Å²) in [6, 6.07) is 4.42. The Bertz CT molecular complexity index is 458. The van der Waals surface area contributed by atoms with Gasteiger partial charge in [-0.25, -0.2) is 0 Å². The second kappa shape index (κ2) is 6.85. The zero-order chi connectivity index (χ0) is 16.3. The molecule has 0 aliphatic rings. The lowest BCUT2D eigenvalue weighted by molar-refractivity contribution is 0.436. The average Bonchev–Trinajstić information content (AvgIpc) is 2.33. The van der Waals surface area contributed by atoms with Crippen LogP contribution in [0.5, 0.6) is 5.75 Å². The molecule has 0 unspecified atom stereocenters. The first-order chi connectivity index (χ1) is 9.57. The first-order valence-electron chi connectivity index (χ1n) is 8.44. The molecule has 21 heavy (non-hydrogen) atoms. The van der Waals surface area contributed by atoms with Gasteiger partial charge in [0.2, 0.25) is 0 Å². The van der Waals surface area contributed by atoms with Crippen LogP contribution in [0.25, 0.3) is 0 Å². The van der Waals surface area contributed by atoms with Crippen molar-refractivity contribution in [2.24, 2.45) is 0 Å². The van der Waals surface area contributed by atoms with Crippen molar-refractivity contribution in [2.75, 3.05) is 0 Å². The quantitative estimate of drug-likeness (QED) is 0.649. The number of phenolic OH excluding ortho intramolecular Hbond substituents is 1. The van der Waals surface area contributed by atoms with Gasteiger partial charge in [0, 0.05) is 0 Å². The number of hydrogen-bond acceptors (Lipinski definition) is 1. The summed E-state index contributed by atoms with van der Waals surface area (Å²) in [5.41, 5.74) is 3.63. The third-order valence-corrected chi connectivity index (χ3v) is 4.16. The van der Waals surface area contributed by atoms with E-state index in [4.69, 9.17) is 0 Å². The molecule has 0 amide bonds. The molecular weight excluding hydrogens is 256 g/mol. The van der Waals surface area contributed by atoms with Crippen molar-refractivity contribution in [2.45, 2.75) is 91.4 Å². The maximum atomic E-state index is 10.7. The van der Waals surface area contributed by atoms with E-state index in [1.807, 2.05) is 0 Å². The molecule has 1 nitrogen and oxygen atoms in total. The number of aromatic hydroxyl groups is 1. The second-order valence-electron chi connectivity index (χ2n) is 8.34. The summed E-state index contributed by atoms with van der Waals surface area (Å²) in [6.07, 6.45) is 5.94. The van der Waals surface area contributed by atoms with Crippen molar-refractivity contribution in [1.29, 1.82) is 0 Å². The molecular formula is C20H34O. The van der Waals surface area contributed by atoms with Crippen molar-refractivity contribution in [1.82, 2.24) is 0 Å². The van der Waals surface area contributed by atoms with E-state index < -0.39 is 0 Å². The van der Waals surface area contributed by atoms with Gasteiger partial charge in [-0.1, -0.05) is 79.9 Å². The van der Waals surface area contributed by atoms with Gasteiger partial charge in [0.1, 0.15) is 5.75 Å². The summed E-state index contributed by atoms with van der Waals surface area (Å²) >= 11 is 0. The summed E-state index contributed by atoms with van der Waals surface area (Å²) < 4.78 is 0. The Morgan fingerprint density at radius 2 is 1.48 bits per heavy atom. The van der Waals surface area contributed by atoms with E-state index in [2.05, 4.69) is 60.6 Å². The maximum absolute atomic E-state index is 10.7. The second-order valence-corrected chi connectivity index (χ2v) is 8.34. The van der Waals surface area contributed by atoms with Crippen LogP contribution in [0, 0.1) is 0 Å². The van der Waals surface area contributed by atoms with Crippen molar-refractivity contribution in [3.8, 4) is 5.75 Å². The van der Waals surface area contributed by atoms with Crippen LogP contribution in [0.4, 0.5) is 0 Å². The predicted molar refractivity (Wildman–Crippen MR) is 93.4 cm³/mol. The zero-order valence-corrected chi connectivity index (χ0v) is 15.1. The van der Waals surface area contributed by atoms with Crippen LogP contribution >= 0.6 is 0 Å². The fraction of sp³-hybridized carbons (Fsp3) is 0.700. The number of phenols is 1. The summed E-state index contributed by atoms with van der Waals surface area (Å²) in [4.78, 5) is 0. The van der Waals surface area contributed by atoms with Gasteiger partial charge in [0.25, 0.3) is 0 Å². The Morgan fingerprint density at radius 1 is 0.857 bits per heavy atom. The number of aryl methyl sites for hydroxylation is 1. The highest BCUT2D eigenvalue weighted by atomic mass is 16.3. The Balaban J connectivity index is 3.16. The maximum Gasteiger partial charge on any atom is 0.122 e. The van der Waals surface area contributed by atoms with Crippen molar-refractivity contribution in [3.05, 3.63) is 28.8 Å². The van der Waals surface area contributed by atoms with Crippen LogP contribution in [0.3, 0.4) is 0 Å². The molecule has 0 atom stereocenters. The molecule has 0 aromatic heterocycles. The lowest BCUT2D eigenvalue weighted by Gasteiger charge is -2.27. The van der Waals surface area contributed by atoms with Crippen LogP contribution in [0.1, 0.15) is 90.8 Å². The van der Waals surface area contributed by atoms with Crippen molar-refractivity contribution < 1.29 is 5.11 Å². The van der Waals surface area contributed by atoms with Crippen LogP contribution in [0.2, 0.25) is 0 Å². The van der Waals surface area contributed by atoms with Gasteiger partial charge in [-0.2, -0.15) is 0 Å². The number of hydrogen-bond donors (Lipinski definition) is 1. The van der Waals surface area contributed by atoms with E-state index in [1.54, 1.807) is 0 Å². The normalized spacial score (nSPS) is 12.7. The Kier molecular flexibility index (Phi) is 5.90. The minimum Gasteiger partial charge on any atom is -0.507 e. The highest BCUT2D eigenvalue weighted by Crippen LogP contribution is 2.38. The molecule has 120 valence electrons. The van der Waals surface area contributed by atoms with Crippen molar-refractivity contribution >= 4 is 0 Å². The average molecular weight is 290 g/mol. The molecule has 1 heteroatoms. The molecule has 1 rings (SSSR count). The summed E-state index contributed by atoms with van der Waals surface area (Å²) in [7, 11) is 0. The van der Waals surface area contributed by atoms with Crippen LogP contribution < -0.4 is 0 Å². The highest BCUT2D eigenvalue weighted by molar-refractivity contribution is 5.48. The van der Waals surface area contributed by atoms with Gasteiger partial charge in [-0.15, -0.1) is 0 Å². The molecule has 0 heterocycles. The van der Waals surface area contributed by atoms with Gasteiger partial charge in [0.15, 0.2) is 0 Å². The van der Waals surface area contributed by atoms with E-state index >= 15 is 0 Å². The number of rotatable bonds is 5. The molecule has 1 aromatic rings. The predicted octanol–water partition coefficient (Wildman–Crippen LogP) is 6.11. The van der Waals surface area contributed by atoms with Crippen LogP contribution in [-0.2, 0) is 17.3 Å². The van der Waals surface area contributed by atoms with E-state index in [-0.39, 0.29) is 10.8 Å². The molecule has 0 aliphatic carbocycles. The van der Waals surface area contributed by atoms with Gasteiger partial charge in [-0.05, 0) is 40.4 Å². The fourth-order valence-corrected chi connectivity index (χ4v) is 2.63. The molecule has 0 aliphatic heterocycles. The van der Waals surface area contributed by atoms with Gasteiger partial charge >= 0.3 is 0 Å². The topological polar surface area (TPSA) is 20.2 Å². The lowest BCUT2D eigenvalue weighted by atomic mass is 9.78. The van der Waals surface area contributed by atoms with Crippen LogP contribution in [0.15, 0.2) is 12.1 Å². The Labute approximate surface area is 131 Å². The van der Waals surface area contributed by atoms with E-state index in [9.17, 15) is 5.11 Å². The Hall–Kier alpha value is -0.980. The van der Waals surface area contributed by atoms with Gasteiger partial charge in [-0.3, -0.25) is 0 Å². The standard InChI is InChI=1S/C20H34O/c1-8-9-10-11-12-15-13-16(19(2,3)4)14-17(18(15)21)20(5,6)7/h13-14,21H,8-12H2,1-7H3. The minimum atomic E-state index is -0.0243. The summed E-state index contributed by atoms with van der Waals surface area (Å²) in [6.45, 7) is 15.5. The molecule has 0 fully saturated rings. The summed E-state index contributed by atoms with van der Waals surface area (Å²) in [5.74, 6) is 0.520. The Morgan fingerprint density at radius 3 is 1.95 bits per heavy atom. The third-order valence-electron chi connectivity index (χ3n) is 4.16. The third kappa shape index (κ3) is 5.05. The van der Waals surface area contributed by atoms with Crippen LogP contribution in [-0.4, -0.2) is 5.11 Å². The molecule has 0 saturated heterocycles. The number of unbranched alkanes of at least 4 members (excludes halogenated alkanes) is 3. The highest BCUT2D eigenvalue weighted by Gasteiger charge is 2.24. The molecule has 1 N–H and O–H groups in total. The largest absolute Gasteiger partial charge is 0.507 e. The SMILES string of the molecule is CCCCCCc1cc(C(C)(C)C)cc(C(C)(C)C)c1O.